The third-order valence-corrected chi connectivity index (χ3v) is 4.08. The molecule has 1 aromatic carbocycles. The lowest BCUT2D eigenvalue weighted by Gasteiger charge is -2.30. The van der Waals surface area contributed by atoms with Crippen molar-refractivity contribution >= 4 is 5.96 Å². The quantitative estimate of drug-likeness (QED) is 0.699. The Balaban J connectivity index is 1.62. The highest BCUT2D eigenvalue weighted by Crippen LogP contribution is 2.19. The number of guanidine groups is 1. The first-order valence-electron chi connectivity index (χ1n) is 7.77. The van der Waals surface area contributed by atoms with Crippen LogP contribution in [0.2, 0.25) is 0 Å². The molecule has 1 aliphatic rings. The van der Waals surface area contributed by atoms with Gasteiger partial charge in [0.25, 0.3) is 0 Å². The van der Waals surface area contributed by atoms with Gasteiger partial charge in [-0.25, -0.2) is 9.98 Å². The summed E-state index contributed by atoms with van der Waals surface area (Å²) >= 11 is 0. The average Bonchev–Trinajstić information content (AvgIpc) is 3.03. The number of hydrogen-bond donors (Lipinski definition) is 1. The van der Waals surface area contributed by atoms with Crippen LogP contribution in [0.3, 0.4) is 0 Å². The van der Waals surface area contributed by atoms with Crippen LogP contribution in [0.1, 0.15) is 25.5 Å². The summed E-state index contributed by atoms with van der Waals surface area (Å²) in [4.78, 5) is 11.1. The number of aliphatic imine (C=N–C) groups is 1. The van der Waals surface area contributed by atoms with Crippen molar-refractivity contribution in [1.82, 2.24) is 9.88 Å². The number of nitrogens with two attached hydrogens (primary N) is 1. The molecular weight excluding hydrogens is 276 g/mol. The van der Waals surface area contributed by atoms with Gasteiger partial charge in [-0.15, -0.1) is 0 Å². The molecule has 0 bridgehead atoms. The minimum absolute atomic E-state index is 0.453. The summed E-state index contributed by atoms with van der Waals surface area (Å²) in [5.41, 5.74) is 7.84. The van der Waals surface area contributed by atoms with E-state index in [4.69, 9.17) is 10.2 Å². The fraction of sp³-hybridized carbons (Fsp3) is 0.412. The topological polar surface area (TPSA) is 67.7 Å². The van der Waals surface area contributed by atoms with Crippen LogP contribution in [-0.2, 0) is 6.54 Å². The molecule has 22 heavy (non-hydrogen) atoms. The molecule has 0 unspecified atom stereocenters. The normalized spacial score (nSPS) is 17.0. The van der Waals surface area contributed by atoms with Crippen LogP contribution in [0.4, 0.5) is 0 Å². The highest BCUT2D eigenvalue weighted by Gasteiger charge is 2.17. The van der Waals surface area contributed by atoms with Gasteiger partial charge in [0.15, 0.2) is 5.96 Å². The second kappa shape index (κ2) is 6.64. The molecule has 1 fully saturated rings. The lowest BCUT2D eigenvalue weighted by atomic mass is 10.00. The summed E-state index contributed by atoms with van der Waals surface area (Å²) in [5, 5.41) is 0. The van der Waals surface area contributed by atoms with Gasteiger partial charge in [-0.3, -0.25) is 0 Å². The van der Waals surface area contributed by atoms with Crippen molar-refractivity contribution in [2.45, 2.75) is 26.3 Å². The van der Waals surface area contributed by atoms with E-state index in [0.717, 1.165) is 30.3 Å². The Morgan fingerprint density at radius 2 is 2.05 bits per heavy atom. The van der Waals surface area contributed by atoms with Crippen molar-refractivity contribution in [3.63, 3.8) is 0 Å². The van der Waals surface area contributed by atoms with E-state index in [1.807, 2.05) is 30.3 Å². The number of oxazole rings is 1. The summed E-state index contributed by atoms with van der Waals surface area (Å²) < 4.78 is 5.51. The number of likely N-dealkylation sites (tertiary alicyclic amines) is 1. The summed E-state index contributed by atoms with van der Waals surface area (Å²) in [7, 11) is 0. The third kappa shape index (κ3) is 3.47. The Labute approximate surface area is 130 Å². The molecule has 0 radical (unpaired) electrons. The molecule has 0 atom stereocenters. The zero-order valence-corrected chi connectivity index (χ0v) is 12.9. The number of benzene rings is 1. The maximum Gasteiger partial charge on any atom is 0.226 e. The van der Waals surface area contributed by atoms with Gasteiger partial charge >= 0.3 is 0 Å². The zero-order valence-electron chi connectivity index (χ0n) is 12.9. The van der Waals surface area contributed by atoms with E-state index >= 15 is 0 Å². The van der Waals surface area contributed by atoms with E-state index in [9.17, 15) is 0 Å². The molecule has 1 saturated heterocycles. The fourth-order valence-corrected chi connectivity index (χ4v) is 2.59. The lowest BCUT2D eigenvalue weighted by molar-refractivity contribution is 0.277. The molecule has 0 saturated carbocycles. The van der Waals surface area contributed by atoms with Crippen LogP contribution >= 0.6 is 0 Å². The maximum atomic E-state index is 6.08. The van der Waals surface area contributed by atoms with Gasteiger partial charge in [0.1, 0.15) is 12.0 Å². The molecule has 2 N–H and O–H groups in total. The predicted molar refractivity (Wildman–Crippen MR) is 87.2 cm³/mol. The summed E-state index contributed by atoms with van der Waals surface area (Å²) in [6, 6.07) is 9.85. The van der Waals surface area contributed by atoms with Crippen molar-refractivity contribution in [2.75, 3.05) is 13.1 Å². The molecule has 2 aromatic rings. The summed E-state index contributed by atoms with van der Waals surface area (Å²) in [6.45, 7) is 4.72. The SMILES string of the molecule is CC1CCN(C(N)=NCc2coc(-c3ccccc3)n2)CC1. The third-order valence-electron chi connectivity index (χ3n) is 4.08. The Morgan fingerprint density at radius 3 is 2.77 bits per heavy atom. The highest BCUT2D eigenvalue weighted by molar-refractivity contribution is 5.78. The van der Waals surface area contributed by atoms with Crippen LogP contribution in [0.5, 0.6) is 0 Å². The second-order valence-corrected chi connectivity index (χ2v) is 5.85. The van der Waals surface area contributed by atoms with Gasteiger partial charge < -0.3 is 15.1 Å². The average molecular weight is 298 g/mol. The van der Waals surface area contributed by atoms with E-state index in [-0.39, 0.29) is 0 Å². The predicted octanol–water partition coefficient (Wildman–Crippen LogP) is 2.89. The Bertz CT molecular complexity index is 627. The van der Waals surface area contributed by atoms with Gasteiger partial charge in [-0.05, 0) is 30.9 Å². The Hall–Kier alpha value is -2.30. The molecule has 0 aliphatic carbocycles. The van der Waals surface area contributed by atoms with Crippen LogP contribution in [-0.4, -0.2) is 28.9 Å². The lowest BCUT2D eigenvalue weighted by Crippen LogP contribution is -2.42. The molecule has 2 heterocycles. The minimum atomic E-state index is 0.453. The van der Waals surface area contributed by atoms with E-state index < -0.39 is 0 Å². The van der Waals surface area contributed by atoms with Crippen LogP contribution < -0.4 is 5.73 Å². The molecule has 3 rings (SSSR count). The first-order chi connectivity index (χ1) is 10.7. The standard InChI is InChI=1S/C17H22N4O/c1-13-7-9-21(10-8-13)17(18)19-11-15-12-22-16(20-15)14-5-3-2-4-6-14/h2-6,12-13H,7-11H2,1H3,(H2,18,19). The molecule has 116 valence electrons. The molecule has 5 nitrogen and oxygen atoms in total. The van der Waals surface area contributed by atoms with E-state index in [1.54, 1.807) is 6.26 Å². The van der Waals surface area contributed by atoms with Crippen molar-refractivity contribution in [3.8, 4) is 11.5 Å². The molecule has 0 amide bonds. The van der Waals surface area contributed by atoms with E-state index in [2.05, 4.69) is 21.8 Å². The second-order valence-electron chi connectivity index (χ2n) is 5.85. The van der Waals surface area contributed by atoms with Gasteiger partial charge in [-0.2, -0.15) is 0 Å². The maximum absolute atomic E-state index is 6.08. The number of hydrogen-bond acceptors (Lipinski definition) is 3. The first-order valence-corrected chi connectivity index (χ1v) is 7.77. The van der Waals surface area contributed by atoms with Gasteiger partial charge in [0, 0.05) is 18.7 Å². The van der Waals surface area contributed by atoms with Crippen LogP contribution in [0.25, 0.3) is 11.5 Å². The molecule has 0 spiro atoms. The monoisotopic (exact) mass is 298 g/mol. The molecular formula is C17H22N4O. The van der Waals surface area contributed by atoms with Gasteiger partial charge in [0.2, 0.25) is 5.89 Å². The number of rotatable bonds is 3. The largest absolute Gasteiger partial charge is 0.444 e. The number of nitrogens with zero attached hydrogens (tertiary/aromatic N) is 3. The number of piperidine rings is 1. The minimum Gasteiger partial charge on any atom is -0.444 e. The Morgan fingerprint density at radius 1 is 1.32 bits per heavy atom. The Kier molecular flexibility index (Phi) is 4.42. The number of aromatic nitrogens is 1. The van der Waals surface area contributed by atoms with Gasteiger partial charge in [0.05, 0.1) is 6.54 Å². The molecule has 1 aliphatic heterocycles. The summed E-state index contributed by atoms with van der Waals surface area (Å²) in [5.74, 6) is 2.01. The first kappa shape index (κ1) is 14.6. The van der Waals surface area contributed by atoms with Crippen molar-refractivity contribution in [2.24, 2.45) is 16.6 Å². The van der Waals surface area contributed by atoms with E-state index in [0.29, 0.717) is 18.4 Å². The van der Waals surface area contributed by atoms with Crippen molar-refractivity contribution < 1.29 is 4.42 Å². The van der Waals surface area contributed by atoms with E-state index in [1.165, 1.54) is 12.8 Å². The van der Waals surface area contributed by atoms with Crippen molar-refractivity contribution in [1.29, 1.82) is 0 Å². The van der Waals surface area contributed by atoms with Gasteiger partial charge in [-0.1, -0.05) is 25.1 Å². The van der Waals surface area contributed by atoms with Crippen molar-refractivity contribution in [3.05, 3.63) is 42.3 Å². The smallest absolute Gasteiger partial charge is 0.226 e. The fourth-order valence-electron chi connectivity index (χ4n) is 2.59. The summed E-state index contributed by atoms with van der Waals surface area (Å²) in [6.07, 6.45) is 4.01. The highest BCUT2D eigenvalue weighted by atomic mass is 16.3. The molecule has 1 aromatic heterocycles. The molecule has 5 heteroatoms. The van der Waals surface area contributed by atoms with Crippen LogP contribution in [0.15, 0.2) is 46.0 Å². The van der Waals surface area contributed by atoms with Crippen LogP contribution in [0, 0.1) is 5.92 Å². The zero-order chi connectivity index (χ0) is 15.4.